The van der Waals surface area contributed by atoms with Gasteiger partial charge in [0.1, 0.15) is 11.6 Å². The summed E-state index contributed by atoms with van der Waals surface area (Å²) in [6, 6.07) is 20.5. The van der Waals surface area contributed by atoms with Crippen LogP contribution in [0.2, 0.25) is 5.02 Å². The number of aromatic nitrogens is 2. The number of halogens is 1. The van der Waals surface area contributed by atoms with Gasteiger partial charge in [-0.15, -0.1) is 10.2 Å². The summed E-state index contributed by atoms with van der Waals surface area (Å²) >= 11 is 7.19. The summed E-state index contributed by atoms with van der Waals surface area (Å²) in [4.78, 5) is 13.0. The molecule has 0 bridgehead atoms. The molecule has 174 valence electrons. The number of carbonyl (C=O) groups is 1. The smallest absolute Gasteiger partial charge is 0.264 e. The molecule has 7 nitrogen and oxygen atoms in total. The molecule has 3 aromatic carbocycles. The van der Waals surface area contributed by atoms with E-state index in [4.69, 9.17) is 11.6 Å². The van der Waals surface area contributed by atoms with Crippen molar-refractivity contribution >= 4 is 49.7 Å². The van der Waals surface area contributed by atoms with Crippen LogP contribution in [0.5, 0.6) is 0 Å². The summed E-state index contributed by atoms with van der Waals surface area (Å²) in [5.41, 5.74) is 3.25. The average Bonchev–Trinajstić information content (AvgIpc) is 3.27. The molecule has 1 N–H and O–H groups in total. The first-order valence-corrected chi connectivity index (χ1v) is 12.9. The Labute approximate surface area is 207 Å². The number of carbonyl (C=O) groups excluding carboxylic acids is 1. The van der Waals surface area contributed by atoms with Crippen LogP contribution in [0, 0.1) is 13.8 Å². The van der Waals surface area contributed by atoms with Crippen LogP contribution < -0.4 is 9.62 Å². The molecule has 0 unspecified atom stereocenters. The molecule has 4 aromatic rings. The molecule has 10 heteroatoms. The molecular formula is C24H21ClN4O3S2. The monoisotopic (exact) mass is 512 g/mol. The first-order chi connectivity index (χ1) is 16.2. The Morgan fingerprint density at radius 3 is 2.12 bits per heavy atom. The minimum atomic E-state index is -4.02. The Bertz CT molecular complexity index is 1400. The second-order valence-electron chi connectivity index (χ2n) is 7.63. The normalized spacial score (nSPS) is 11.3. The van der Waals surface area contributed by atoms with Gasteiger partial charge in [-0.05, 0) is 50.2 Å². The lowest BCUT2D eigenvalue weighted by atomic mass is 10.2. The zero-order valence-corrected chi connectivity index (χ0v) is 20.8. The third-order valence-electron chi connectivity index (χ3n) is 4.98. The zero-order chi connectivity index (χ0) is 24.3. The molecule has 1 heterocycles. The van der Waals surface area contributed by atoms with Crippen LogP contribution in [-0.4, -0.2) is 31.1 Å². The summed E-state index contributed by atoms with van der Waals surface area (Å²) < 4.78 is 27.9. The summed E-state index contributed by atoms with van der Waals surface area (Å²) in [5.74, 6) is -0.544. The molecular weight excluding hydrogens is 492 g/mol. The van der Waals surface area contributed by atoms with E-state index in [1.165, 1.54) is 23.5 Å². The number of amides is 1. The number of nitrogens with zero attached hydrogens (tertiary/aromatic N) is 3. The van der Waals surface area contributed by atoms with Gasteiger partial charge in [-0.3, -0.25) is 14.4 Å². The van der Waals surface area contributed by atoms with E-state index >= 15 is 0 Å². The molecule has 0 aliphatic rings. The molecule has 1 aromatic heterocycles. The van der Waals surface area contributed by atoms with Crippen molar-refractivity contribution in [3.63, 3.8) is 0 Å². The number of sulfonamides is 1. The van der Waals surface area contributed by atoms with E-state index in [1.807, 2.05) is 38.1 Å². The maximum absolute atomic E-state index is 13.4. The number of nitrogens with one attached hydrogen (secondary N) is 1. The molecule has 0 aliphatic heterocycles. The van der Waals surface area contributed by atoms with Crippen LogP contribution >= 0.6 is 22.9 Å². The number of benzene rings is 3. The lowest BCUT2D eigenvalue weighted by Crippen LogP contribution is -2.38. The van der Waals surface area contributed by atoms with Crippen LogP contribution in [0.4, 0.5) is 10.8 Å². The van der Waals surface area contributed by atoms with Crippen LogP contribution in [0.3, 0.4) is 0 Å². The highest BCUT2D eigenvalue weighted by atomic mass is 35.5. The lowest BCUT2D eigenvalue weighted by molar-refractivity contribution is -0.114. The SMILES string of the molecule is Cc1ccc(-c2nnc(NC(=O)CN(c3ccc(Cl)cc3)S(=O)(=O)c3ccc(C)cc3)s2)cc1. The van der Waals surface area contributed by atoms with Crippen LogP contribution in [-0.2, 0) is 14.8 Å². The van der Waals surface area contributed by atoms with Crippen molar-refractivity contribution in [2.24, 2.45) is 0 Å². The quantitative estimate of drug-likeness (QED) is 0.362. The Morgan fingerprint density at radius 2 is 1.50 bits per heavy atom. The maximum atomic E-state index is 13.4. The fourth-order valence-electron chi connectivity index (χ4n) is 3.14. The third kappa shape index (κ3) is 5.44. The van der Waals surface area contributed by atoms with Gasteiger partial charge < -0.3 is 0 Å². The molecule has 0 radical (unpaired) electrons. The summed E-state index contributed by atoms with van der Waals surface area (Å²) in [6.07, 6.45) is 0. The Hall–Kier alpha value is -3.27. The van der Waals surface area contributed by atoms with Gasteiger partial charge in [0.15, 0.2) is 0 Å². The average molecular weight is 513 g/mol. The molecule has 0 fully saturated rings. The molecule has 34 heavy (non-hydrogen) atoms. The van der Waals surface area contributed by atoms with E-state index in [9.17, 15) is 13.2 Å². The molecule has 0 atom stereocenters. The molecule has 0 saturated carbocycles. The topological polar surface area (TPSA) is 92.3 Å². The fraction of sp³-hybridized carbons (Fsp3) is 0.125. The van der Waals surface area contributed by atoms with Crippen LogP contribution in [0.15, 0.2) is 77.7 Å². The van der Waals surface area contributed by atoms with Gasteiger partial charge in [0.05, 0.1) is 10.6 Å². The second-order valence-corrected chi connectivity index (χ2v) is 10.9. The van der Waals surface area contributed by atoms with Crippen LogP contribution in [0.25, 0.3) is 10.6 Å². The molecule has 0 aliphatic carbocycles. The highest BCUT2D eigenvalue weighted by Crippen LogP contribution is 2.28. The van der Waals surface area contributed by atoms with Crippen molar-refractivity contribution in [1.82, 2.24) is 10.2 Å². The highest BCUT2D eigenvalue weighted by molar-refractivity contribution is 7.92. The van der Waals surface area contributed by atoms with Gasteiger partial charge in [-0.25, -0.2) is 8.42 Å². The van der Waals surface area contributed by atoms with E-state index in [2.05, 4.69) is 15.5 Å². The second kappa shape index (κ2) is 9.92. The van der Waals surface area contributed by atoms with Gasteiger partial charge in [-0.2, -0.15) is 0 Å². The zero-order valence-electron chi connectivity index (χ0n) is 18.4. The van der Waals surface area contributed by atoms with E-state index in [0.29, 0.717) is 15.7 Å². The van der Waals surface area contributed by atoms with Crippen molar-refractivity contribution in [2.45, 2.75) is 18.7 Å². The van der Waals surface area contributed by atoms with Gasteiger partial charge >= 0.3 is 0 Å². The number of rotatable bonds is 7. The Balaban J connectivity index is 1.58. The van der Waals surface area contributed by atoms with Gasteiger partial charge in [0.25, 0.3) is 10.0 Å². The standard InChI is InChI=1S/C24H21ClN4O3S2/c1-16-3-7-18(8-4-16)23-27-28-24(33-23)26-22(30)15-29(20-11-9-19(25)10-12-20)34(31,32)21-13-5-17(2)6-14-21/h3-14H,15H2,1-2H3,(H,26,28,30). The van der Waals surface area contributed by atoms with Crippen molar-refractivity contribution in [3.8, 4) is 10.6 Å². The number of aryl methyl sites for hydroxylation is 2. The molecule has 0 spiro atoms. The largest absolute Gasteiger partial charge is 0.299 e. The Morgan fingerprint density at radius 1 is 0.912 bits per heavy atom. The van der Waals surface area contributed by atoms with Crippen LogP contribution in [0.1, 0.15) is 11.1 Å². The minimum absolute atomic E-state index is 0.0819. The maximum Gasteiger partial charge on any atom is 0.264 e. The van der Waals surface area contributed by atoms with Crippen molar-refractivity contribution in [3.05, 3.63) is 88.9 Å². The third-order valence-corrected chi connectivity index (χ3v) is 7.91. The van der Waals surface area contributed by atoms with E-state index < -0.39 is 22.5 Å². The lowest BCUT2D eigenvalue weighted by Gasteiger charge is -2.24. The van der Waals surface area contributed by atoms with E-state index in [1.54, 1.807) is 36.4 Å². The predicted octanol–water partition coefficient (Wildman–Crippen LogP) is 5.31. The van der Waals surface area contributed by atoms with E-state index in [0.717, 1.165) is 21.0 Å². The Kier molecular flexibility index (Phi) is 6.97. The minimum Gasteiger partial charge on any atom is -0.299 e. The first kappa shape index (κ1) is 23.9. The summed E-state index contributed by atoms with van der Waals surface area (Å²) in [5, 5.41) is 12.2. The predicted molar refractivity (Wildman–Crippen MR) is 136 cm³/mol. The van der Waals surface area contributed by atoms with Gasteiger partial charge in [0.2, 0.25) is 11.0 Å². The fourth-order valence-corrected chi connectivity index (χ4v) is 5.45. The number of anilines is 2. The van der Waals surface area contributed by atoms with E-state index in [-0.39, 0.29) is 10.0 Å². The molecule has 0 saturated heterocycles. The molecule has 1 amide bonds. The van der Waals surface area contributed by atoms with Crippen molar-refractivity contribution in [1.29, 1.82) is 0 Å². The van der Waals surface area contributed by atoms with Crippen molar-refractivity contribution < 1.29 is 13.2 Å². The highest BCUT2D eigenvalue weighted by Gasteiger charge is 2.27. The van der Waals surface area contributed by atoms with Gasteiger partial charge in [-0.1, -0.05) is 70.5 Å². The van der Waals surface area contributed by atoms with Gasteiger partial charge in [0, 0.05) is 10.6 Å². The first-order valence-electron chi connectivity index (χ1n) is 10.3. The van der Waals surface area contributed by atoms with Crippen molar-refractivity contribution in [2.75, 3.05) is 16.2 Å². The summed E-state index contributed by atoms with van der Waals surface area (Å²) in [7, 11) is -4.02. The number of hydrogen-bond donors (Lipinski definition) is 1. The molecule has 4 rings (SSSR count). The summed E-state index contributed by atoms with van der Waals surface area (Å²) in [6.45, 7) is 3.41. The number of hydrogen-bond acceptors (Lipinski definition) is 6.